The number of anilines is 1. The zero-order valence-electron chi connectivity index (χ0n) is 13.1. The predicted molar refractivity (Wildman–Crippen MR) is 90.5 cm³/mol. The van der Waals surface area contributed by atoms with Crippen molar-refractivity contribution >= 4 is 28.2 Å². The highest BCUT2D eigenvalue weighted by Gasteiger charge is 2.23. The third-order valence-electron chi connectivity index (χ3n) is 3.57. The van der Waals surface area contributed by atoms with Crippen molar-refractivity contribution < 1.29 is 9.47 Å². The van der Waals surface area contributed by atoms with Gasteiger partial charge >= 0.3 is 0 Å². The van der Waals surface area contributed by atoms with E-state index in [0.717, 1.165) is 30.5 Å². The zero-order chi connectivity index (χ0) is 15.1. The molecule has 1 aromatic heterocycles. The number of thiazole rings is 1. The number of methoxy groups -OCH3 is 2. The number of thioether (sulfide) groups is 1. The average molecular weight is 332 g/mol. The largest absolute Gasteiger partial charge is 0.383 e. The first-order valence-corrected chi connectivity index (χ1v) is 9.21. The summed E-state index contributed by atoms with van der Waals surface area (Å²) in [5.41, 5.74) is 1.06. The molecular formula is C14H25N3O2S2. The lowest BCUT2D eigenvalue weighted by Gasteiger charge is -2.22. The molecule has 1 atom stereocenters. The number of aromatic nitrogens is 1. The van der Waals surface area contributed by atoms with Gasteiger partial charge in [0.25, 0.3) is 0 Å². The van der Waals surface area contributed by atoms with Crippen molar-refractivity contribution in [1.82, 2.24) is 10.3 Å². The van der Waals surface area contributed by atoms with Gasteiger partial charge in [-0.25, -0.2) is 4.98 Å². The van der Waals surface area contributed by atoms with Crippen LogP contribution in [0.3, 0.4) is 0 Å². The summed E-state index contributed by atoms with van der Waals surface area (Å²) in [7, 11) is 5.60. The van der Waals surface area contributed by atoms with E-state index in [1.807, 2.05) is 11.8 Å². The van der Waals surface area contributed by atoms with Gasteiger partial charge < -0.3 is 19.7 Å². The molecule has 1 aromatic rings. The van der Waals surface area contributed by atoms with Crippen molar-refractivity contribution in [3.63, 3.8) is 0 Å². The smallest absolute Gasteiger partial charge is 0.185 e. The minimum atomic E-state index is 0.574. The van der Waals surface area contributed by atoms with Gasteiger partial charge in [-0.1, -0.05) is 0 Å². The maximum atomic E-state index is 5.28. The molecule has 1 N–H and O–H groups in total. The van der Waals surface area contributed by atoms with Gasteiger partial charge in [0.2, 0.25) is 0 Å². The summed E-state index contributed by atoms with van der Waals surface area (Å²) in [6.45, 7) is 2.98. The minimum Gasteiger partial charge on any atom is -0.383 e. The van der Waals surface area contributed by atoms with Crippen molar-refractivity contribution in [3.05, 3.63) is 10.6 Å². The van der Waals surface area contributed by atoms with Crippen LogP contribution < -0.4 is 10.2 Å². The molecule has 0 radical (unpaired) electrons. The third-order valence-corrected chi connectivity index (χ3v) is 5.90. The number of nitrogens with zero attached hydrogens (tertiary/aromatic N) is 2. The van der Waals surface area contributed by atoms with Crippen molar-refractivity contribution in [2.24, 2.45) is 0 Å². The maximum Gasteiger partial charge on any atom is 0.185 e. The summed E-state index contributed by atoms with van der Waals surface area (Å²) >= 11 is 3.80. The van der Waals surface area contributed by atoms with Gasteiger partial charge in [-0.3, -0.25) is 0 Å². The molecule has 120 valence electrons. The normalized spacial score (nSPS) is 18.3. The molecule has 0 bridgehead atoms. The first kappa shape index (κ1) is 17.0. The van der Waals surface area contributed by atoms with Crippen molar-refractivity contribution in [2.75, 3.05) is 50.8 Å². The van der Waals surface area contributed by atoms with Gasteiger partial charge in [-0.15, -0.1) is 11.3 Å². The lowest BCUT2D eigenvalue weighted by molar-refractivity contribution is 0.181. The molecular weight excluding hydrogens is 306 g/mol. The first-order chi connectivity index (χ1) is 10.3. The van der Waals surface area contributed by atoms with Crippen LogP contribution in [-0.4, -0.2) is 57.0 Å². The second kappa shape index (κ2) is 8.95. The van der Waals surface area contributed by atoms with Gasteiger partial charge in [0.15, 0.2) is 5.13 Å². The Kier molecular flexibility index (Phi) is 7.25. The van der Waals surface area contributed by atoms with E-state index in [2.05, 4.69) is 17.3 Å². The highest BCUT2D eigenvalue weighted by Crippen LogP contribution is 2.31. The molecule has 5 nitrogen and oxygen atoms in total. The molecule has 1 aliphatic rings. The van der Waals surface area contributed by atoms with Crippen LogP contribution >= 0.6 is 23.1 Å². The lowest BCUT2D eigenvalue weighted by Crippen LogP contribution is -2.31. The molecule has 1 fully saturated rings. The van der Waals surface area contributed by atoms with Crippen LogP contribution in [0.1, 0.15) is 17.0 Å². The molecule has 0 saturated carbocycles. The van der Waals surface area contributed by atoms with E-state index < -0.39 is 0 Å². The lowest BCUT2D eigenvalue weighted by atomic mass is 10.2. The summed E-state index contributed by atoms with van der Waals surface area (Å²) < 4.78 is 10.3. The van der Waals surface area contributed by atoms with Crippen LogP contribution in [0.25, 0.3) is 0 Å². The molecule has 0 amide bonds. The molecule has 0 aliphatic carbocycles. The van der Waals surface area contributed by atoms with Gasteiger partial charge in [0, 0.05) is 51.0 Å². The van der Waals surface area contributed by atoms with E-state index >= 15 is 0 Å². The zero-order valence-corrected chi connectivity index (χ0v) is 14.7. The summed E-state index contributed by atoms with van der Waals surface area (Å²) in [4.78, 5) is 8.38. The number of rotatable bonds is 9. The van der Waals surface area contributed by atoms with Gasteiger partial charge in [0.1, 0.15) is 0 Å². The molecule has 1 aliphatic heterocycles. The number of nitrogens with one attached hydrogen (secondary N) is 1. The van der Waals surface area contributed by atoms with Crippen LogP contribution in [0.2, 0.25) is 0 Å². The Balaban J connectivity index is 2.00. The molecule has 0 spiro atoms. The maximum absolute atomic E-state index is 5.28. The molecule has 0 aromatic carbocycles. The molecule has 21 heavy (non-hydrogen) atoms. The van der Waals surface area contributed by atoms with Gasteiger partial charge in [-0.2, -0.15) is 11.8 Å². The van der Waals surface area contributed by atoms with Crippen LogP contribution in [0.4, 0.5) is 5.13 Å². The third kappa shape index (κ3) is 4.82. The Hall–Kier alpha value is -0.340. The summed E-state index contributed by atoms with van der Waals surface area (Å²) in [5.74, 6) is 2.47. The molecule has 2 heterocycles. The predicted octanol–water partition coefficient (Wildman–Crippen LogP) is 1.97. The second-order valence-corrected chi connectivity index (χ2v) is 7.31. The van der Waals surface area contributed by atoms with E-state index in [1.165, 1.54) is 22.8 Å². The Morgan fingerprint density at radius 3 is 2.90 bits per heavy atom. The quantitative estimate of drug-likeness (QED) is 0.698. The van der Waals surface area contributed by atoms with Crippen molar-refractivity contribution in [2.45, 2.75) is 25.6 Å². The fourth-order valence-corrected chi connectivity index (χ4v) is 4.60. The fourth-order valence-electron chi connectivity index (χ4n) is 2.27. The highest BCUT2D eigenvalue weighted by molar-refractivity contribution is 7.99. The summed E-state index contributed by atoms with van der Waals surface area (Å²) in [6, 6.07) is 0.617. The van der Waals surface area contributed by atoms with Crippen LogP contribution in [0.15, 0.2) is 0 Å². The van der Waals surface area contributed by atoms with Crippen molar-refractivity contribution in [1.29, 1.82) is 0 Å². The van der Waals surface area contributed by atoms with E-state index in [-0.39, 0.29) is 0 Å². The van der Waals surface area contributed by atoms with Gasteiger partial charge in [0.05, 0.1) is 18.9 Å². The van der Waals surface area contributed by atoms with Crippen LogP contribution in [0, 0.1) is 0 Å². The standard InChI is InChI=1S/C14H25N3O2S2/c1-17(11-4-7-20-10-11)14-16-12(9-19-3)13(21-14)8-15-5-6-18-2/h11,15H,4-10H2,1-3H3. The Morgan fingerprint density at radius 1 is 1.38 bits per heavy atom. The fraction of sp³-hybridized carbons (Fsp3) is 0.786. The summed E-state index contributed by atoms with van der Waals surface area (Å²) in [5, 5.41) is 4.50. The Morgan fingerprint density at radius 2 is 2.24 bits per heavy atom. The molecule has 2 rings (SSSR count). The monoisotopic (exact) mass is 331 g/mol. The topological polar surface area (TPSA) is 46.6 Å². The first-order valence-electron chi connectivity index (χ1n) is 7.24. The number of hydrogen-bond donors (Lipinski definition) is 1. The van der Waals surface area contributed by atoms with Gasteiger partial charge in [-0.05, 0) is 12.2 Å². The van der Waals surface area contributed by atoms with E-state index in [4.69, 9.17) is 14.5 Å². The average Bonchev–Trinajstić information content (AvgIpc) is 3.13. The van der Waals surface area contributed by atoms with E-state index in [9.17, 15) is 0 Å². The Labute approximate surface area is 135 Å². The second-order valence-electron chi connectivity index (χ2n) is 5.10. The van der Waals surface area contributed by atoms with Crippen LogP contribution in [0.5, 0.6) is 0 Å². The molecule has 7 heteroatoms. The number of ether oxygens (including phenoxy) is 2. The van der Waals surface area contributed by atoms with Crippen molar-refractivity contribution in [3.8, 4) is 0 Å². The Bertz CT molecular complexity index is 422. The van der Waals surface area contributed by atoms with Crippen LogP contribution in [-0.2, 0) is 22.6 Å². The SMILES string of the molecule is COCCNCc1sc(N(C)C2CCSC2)nc1COC. The molecule has 1 saturated heterocycles. The highest BCUT2D eigenvalue weighted by atomic mass is 32.2. The van der Waals surface area contributed by atoms with E-state index in [1.54, 1.807) is 25.6 Å². The minimum absolute atomic E-state index is 0.574. The molecule has 1 unspecified atom stereocenters. The summed E-state index contributed by atoms with van der Waals surface area (Å²) in [6.07, 6.45) is 1.25. The van der Waals surface area contributed by atoms with E-state index in [0.29, 0.717) is 12.6 Å². The number of hydrogen-bond acceptors (Lipinski definition) is 7.